The second-order valence-corrected chi connectivity index (χ2v) is 5.38. The molecule has 0 aliphatic rings. The predicted molar refractivity (Wildman–Crippen MR) is 83.3 cm³/mol. The Bertz CT molecular complexity index is 685. The molecule has 120 valence electrons. The molecule has 9 heteroatoms. The Hall–Kier alpha value is -2.94. The first-order valence-corrected chi connectivity index (χ1v) is 7.40. The lowest BCUT2D eigenvalue weighted by Crippen LogP contribution is -2.41. The van der Waals surface area contributed by atoms with Crippen molar-refractivity contribution >= 4 is 29.0 Å². The monoisotopic (exact) mass is 335 g/mol. The molecule has 1 aromatic carbocycles. The molecule has 2 aromatic rings. The van der Waals surface area contributed by atoms with Gasteiger partial charge in [-0.1, -0.05) is 6.07 Å². The number of nitrogens with one attached hydrogen (secondary N) is 2. The van der Waals surface area contributed by atoms with E-state index in [0.717, 1.165) is 4.88 Å². The number of ether oxygens (including phenoxy) is 1. The zero-order chi connectivity index (χ0) is 16.7. The highest BCUT2D eigenvalue weighted by atomic mass is 32.1. The third kappa shape index (κ3) is 5.40. The summed E-state index contributed by atoms with van der Waals surface area (Å²) in [5.41, 5.74) is -0.0743. The van der Waals surface area contributed by atoms with E-state index in [0.29, 0.717) is 12.3 Å². The van der Waals surface area contributed by atoms with Crippen LogP contribution >= 0.6 is 11.3 Å². The molecule has 0 saturated carbocycles. The van der Waals surface area contributed by atoms with Crippen LogP contribution in [0.3, 0.4) is 0 Å². The van der Waals surface area contributed by atoms with Crippen LogP contribution in [0.5, 0.6) is 5.75 Å². The van der Waals surface area contributed by atoms with E-state index >= 15 is 0 Å². The molecular weight excluding hydrogens is 322 g/mol. The van der Waals surface area contributed by atoms with Gasteiger partial charge in [0.25, 0.3) is 11.6 Å². The summed E-state index contributed by atoms with van der Waals surface area (Å²) < 4.78 is 5.14. The van der Waals surface area contributed by atoms with Gasteiger partial charge in [0.05, 0.1) is 11.5 Å². The molecule has 23 heavy (non-hydrogen) atoms. The Balaban J connectivity index is 1.71. The SMILES string of the molecule is O=C(COc1ccc([N+](=O)[O-])cc1)NC(=O)NCc1cccs1. The Labute approximate surface area is 135 Å². The number of nitro groups is 1. The van der Waals surface area contributed by atoms with Crippen molar-refractivity contribution in [2.45, 2.75) is 6.54 Å². The molecule has 0 aliphatic heterocycles. The number of amides is 3. The number of thiophene rings is 1. The number of carbonyl (C=O) groups is 2. The number of nitrogens with zero attached hydrogens (tertiary/aromatic N) is 1. The third-order valence-corrected chi connectivity index (χ3v) is 3.55. The highest BCUT2D eigenvalue weighted by molar-refractivity contribution is 7.09. The highest BCUT2D eigenvalue weighted by Crippen LogP contribution is 2.17. The minimum Gasteiger partial charge on any atom is -0.484 e. The molecule has 0 bridgehead atoms. The number of hydrogen-bond donors (Lipinski definition) is 2. The third-order valence-electron chi connectivity index (χ3n) is 2.67. The summed E-state index contributed by atoms with van der Waals surface area (Å²) in [5.74, 6) is -0.322. The number of non-ortho nitro benzene ring substituents is 1. The molecule has 2 rings (SSSR count). The van der Waals surface area contributed by atoms with E-state index in [9.17, 15) is 19.7 Å². The van der Waals surface area contributed by atoms with Crippen molar-refractivity contribution in [2.24, 2.45) is 0 Å². The fraction of sp³-hybridized carbons (Fsp3) is 0.143. The van der Waals surface area contributed by atoms with Gasteiger partial charge < -0.3 is 10.1 Å². The molecule has 0 saturated heterocycles. The average Bonchev–Trinajstić information content (AvgIpc) is 3.05. The standard InChI is InChI=1S/C14H13N3O5S/c18-13(16-14(19)15-8-12-2-1-7-23-12)9-22-11-5-3-10(4-6-11)17(20)21/h1-7H,8-9H2,(H2,15,16,18,19). The number of nitro benzene ring substituents is 1. The smallest absolute Gasteiger partial charge is 0.321 e. The molecule has 0 spiro atoms. The fourth-order valence-electron chi connectivity index (χ4n) is 1.60. The Morgan fingerprint density at radius 3 is 2.57 bits per heavy atom. The van der Waals surface area contributed by atoms with Crippen LogP contribution in [0.2, 0.25) is 0 Å². The molecular formula is C14H13N3O5S. The molecule has 3 amide bonds. The minimum atomic E-state index is -0.618. The van der Waals surface area contributed by atoms with Crippen LogP contribution in [0.1, 0.15) is 4.88 Å². The maximum atomic E-state index is 11.6. The van der Waals surface area contributed by atoms with Gasteiger partial charge in [-0.3, -0.25) is 20.2 Å². The summed E-state index contributed by atoms with van der Waals surface area (Å²) in [5, 5.41) is 17.1. The Morgan fingerprint density at radius 1 is 1.22 bits per heavy atom. The molecule has 2 N–H and O–H groups in total. The second-order valence-electron chi connectivity index (χ2n) is 4.35. The van der Waals surface area contributed by atoms with Crippen molar-refractivity contribution in [3.8, 4) is 5.75 Å². The Morgan fingerprint density at radius 2 is 1.96 bits per heavy atom. The zero-order valence-corrected chi connectivity index (χ0v) is 12.7. The predicted octanol–water partition coefficient (Wildman–Crippen LogP) is 2.06. The van der Waals surface area contributed by atoms with Crippen LogP contribution in [-0.4, -0.2) is 23.5 Å². The lowest BCUT2D eigenvalue weighted by Gasteiger charge is -2.07. The normalized spacial score (nSPS) is 9.91. The summed E-state index contributed by atoms with van der Waals surface area (Å²) in [4.78, 5) is 34.0. The summed E-state index contributed by atoms with van der Waals surface area (Å²) >= 11 is 1.49. The molecule has 1 aromatic heterocycles. The van der Waals surface area contributed by atoms with Crippen molar-refractivity contribution in [1.29, 1.82) is 0 Å². The zero-order valence-electron chi connectivity index (χ0n) is 11.9. The lowest BCUT2D eigenvalue weighted by molar-refractivity contribution is -0.384. The van der Waals surface area contributed by atoms with E-state index in [1.165, 1.54) is 35.6 Å². The van der Waals surface area contributed by atoms with Crippen LogP contribution in [0.25, 0.3) is 0 Å². The van der Waals surface area contributed by atoms with E-state index in [1.54, 1.807) is 0 Å². The van der Waals surface area contributed by atoms with Crippen LogP contribution in [0.4, 0.5) is 10.5 Å². The molecule has 1 heterocycles. The maximum absolute atomic E-state index is 11.6. The number of carbonyl (C=O) groups excluding carboxylic acids is 2. The second kappa shape index (κ2) is 7.90. The first-order valence-electron chi connectivity index (χ1n) is 6.52. The molecule has 0 radical (unpaired) electrons. The summed E-state index contributed by atoms with van der Waals surface area (Å²) in [7, 11) is 0. The Kier molecular flexibility index (Phi) is 5.64. The molecule has 0 aliphatic carbocycles. The molecule has 0 unspecified atom stereocenters. The van der Waals surface area contributed by atoms with Gasteiger partial charge in [0.1, 0.15) is 5.75 Å². The molecule has 0 atom stereocenters. The van der Waals surface area contributed by atoms with Crippen LogP contribution < -0.4 is 15.4 Å². The van der Waals surface area contributed by atoms with Crippen molar-refractivity contribution in [2.75, 3.05) is 6.61 Å². The van der Waals surface area contributed by atoms with Gasteiger partial charge in [0.15, 0.2) is 6.61 Å². The van der Waals surface area contributed by atoms with E-state index in [2.05, 4.69) is 10.6 Å². The maximum Gasteiger partial charge on any atom is 0.321 e. The van der Waals surface area contributed by atoms with Crippen LogP contribution in [0, 0.1) is 10.1 Å². The largest absolute Gasteiger partial charge is 0.484 e. The summed E-state index contributed by atoms with van der Waals surface area (Å²) in [6.07, 6.45) is 0. The van der Waals surface area contributed by atoms with Crippen LogP contribution in [-0.2, 0) is 11.3 Å². The minimum absolute atomic E-state index is 0.0743. The van der Waals surface area contributed by atoms with E-state index in [1.807, 2.05) is 17.5 Å². The average molecular weight is 335 g/mol. The van der Waals surface area contributed by atoms with Gasteiger partial charge >= 0.3 is 6.03 Å². The quantitative estimate of drug-likeness (QED) is 0.620. The van der Waals surface area contributed by atoms with E-state index in [4.69, 9.17) is 4.74 Å². The van der Waals surface area contributed by atoms with Gasteiger partial charge in [-0.05, 0) is 23.6 Å². The van der Waals surface area contributed by atoms with Gasteiger partial charge in [-0.2, -0.15) is 0 Å². The number of imide groups is 1. The van der Waals surface area contributed by atoms with E-state index < -0.39 is 16.9 Å². The number of rotatable bonds is 6. The summed E-state index contributed by atoms with van der Waals surface area (Å²) in [6, 6.07) is 8.40. The van der Waals surface area contributed by atoms with Gasteiger partial charge in [0, 0.05) is 17.0 Å². The van der Waals surface area contributed by atoms with Gasteiger partial charge in [0.2, 0.25) is 0 Å². The van der Waals surface area contributed by atoms with E-state index in [-0.39, 0.29) is 12.3 Å². The molecule has 8 nitrogen and oxygen atoms in total. The van der Waals surface area contributed by atoms with Crippen molar-refractivity contribution < 1.29 is 19.2 Å². The van der Waals surface area contributed by atoms with Crippen molar-refractivity contribution in [3.05, 3.63) is 56.8 Å². The first kappa shape index (κ1) is 16.4. The van der Waals surface area contributed by atoms with Gasteiger partial charge in [-0.25, -0.2) is 4.79 Å². The van der Waals surface area contributed by atoms with Crippen LogP contribution in [0.15, 0.2) is 41.8 Å². The summed E-state index contributed by atoms with van der Waals surface area (Å²) in [6.45, 7) is -0.0375. The highest BCUT2D eigenvalue weighted by Gasteiger charge is 2.09. The van der Waals surface area contributed by atoms with Crippen molar-refractivity contribution in [1.82, 2.24) is 10.6 Å². The van der Waals surface area contributed by atoms with Gasteiger partial charge in [-0.15, -0.1) is 11.3 Å². The molecule has 0 fully saturated rings. The fourth-order valence-corrected chi connectivity index (χ4v) is 2.24. The number of urea groups is 1. The van der Waals surface area contributed by atoms with Crippen molar-refractivity contribution in [3.63, 3.8) is 0 Å². The topological polar surface area (TPSA) is 111 Å². The first-order chi connectivity index (χ1) is 11.0. The number of hydrogen-bond acceptors (Lipinski definition) is 6. The lowest BCUT2D eigenvalue weighted by atomic mass is 10.3. The number of benzene rings is 1.